The van der Waals surface area contributed by atoms with Gasteiger partial charge in [0.15, 0.2) is 0 Å². The van der Waals surface area contributed by atoms with Crippen molar-refractivity contribution < 1.29 is 9.84 Å². The van der Waals surface area contributed by atoms with Gasteiger partial charge in [0.25, 0.3) is 0 Å². The Labute approximate surface area is 102 Å². The first-order valence-electron chi connectivity index (χ1n) is 6.29. The molecule has 1 unspecified atom stereocenters. The van der Waals surface area contributed by atoms with E-state index in [0.29, 0.717) is 12.7 Å². The summed E-state index contributed by atoms with van der Waals surface area (Å²) in [7, 11) is 0. The molecule has 1 atom stereocenters. The Hall–Kier alpha value is -0.910. The van der Waals surface area contributed by atoms with E-state index in [1.165, 1.54) is 25.7 Å². The van der Waals surface area contributed by atoms with E-state index in [9.17, 15) is 0 Å². The number of imidazole rings is 1. The molecule has 0 aromatic carbocycles. The summed E-state index contributed by atoms with van der Waals surface area (Å²) in [5.74, 6) is 0. The van der Waals surface area contributed by atoms with Gasteiger partial charge in [-0.15, -0.1) is 0 Å². The minimum atomic E-state index is -0.357. The number of hydrogen-bond acceptors (Lipinski definition) is 4. The van der Waals surface area contributed by atoms with Crippen molar-refractivity contribution in [2.45, 2.75) is 44.4 Å². The van der Waals surface area contributed by atoms with Gasteiger partial charge in [0.2, 0.25) is 0 Å². The smallest absolute Gasteiger partial charge is 0.0949 e. The highest BCUT2D eigenvalue weighted by atomic mass is 16.5. The molecule has 1 aliphatic rings. The van der Waals surface area contributed by atoms with Crippen LogP contribution in [0.15, 0.2) is 12.5 Å². The first-order valence-corrected chi connectivity index (χ1v) is 6.29. The van der Waals surface area contributed by atoms with Crippen LogP contribution in [0.4, 0.5) is 0 Å². The summed E-state index contributed by atoms with van der Waals surface area (Å²) >= 11 is 0. The van der Waals surface area contributed by atoms with E-state index in [2.05, 4.69) is 4.98 Å². The first-order chi connectivity index (χ1) is 8.31. The second kappa shape index (κ2) is 6.14. The molecule has 3 N–H and O–H groups in total. The van der Waals surface area contributed by atoms with E-state index in [4.69, 9.17) is 15.6 Å². The number of ether oxygens (including phenoxy) is 1. The maximum atomic E-state index is 9.03. The Balaban J connectivity index is 1.79. The fourth-order valence-corrected chi connectivity index (χ4v) is 2.29. The lowest BCUT2D eigenvalue weighted by Crippen LogP contribution is -2.20. The molecule has 0 spiro atoms. The number of aromatic nitrogens is 2. The lowest BCUT2D eigenvalue weighted by Gasteiger charge is -2.14. The Bertz CT molecular complexity index is 334. The fraction of sp³-hybridized carbons (Fsp3) is 0.750. The molecule has 0 saturated heterocycles. The van der Waals surface area contributed by atoms with Crippen molar-refractivity contribution in [3.05, 3.63) is 18.2 Å². The Morgan fingerprint density at radius 2 is 2.29 bits per heavy atom. The SMILES string of the molecule is NC(CO)c1cncn1CCOC1CCCC1. The van der Waals surface area contributed by atoms with E-state index < -0.39 is 0 Å². The molecule has 0 bridgehead atoms. The van der Waals surface area contributed by atoms with Crippen LogP contribution in [0.5, 0.6) is 0 Å². The van der Waals surface area contributed by atoms with Crippen LogP contribution in [0.1, 0.15) is 37.4 Å². The van der Waals surface area contributed by atoms with Crippen molar-refractivity contribution in [2.24, 2.45) is 5.73 Å². The normalized spacial score (nSPS) is 18.7. The molecule has 5 heteroatoms. The van der Waals surface area contributed by atoms with Crippen molar-refractivity contribution in [2.75, 3.05) is 13.2 Å². The van der Waals surface area contributed by atoms with Crippen LogP contribution >= 0.6 is 0 Å². The van der Waals surface area contributed by atoms with Crippen LogP contribution in [0.25, 0.3) is 0 Å². The van der Waals surface area contributed by atoms with Crippen LogP contribution in [0.3, 0.4) is 0 Å². The van der Waals surface area contributed by atoms with Gasteiger partial charge in [-0.2, -0.15) is 0 Å². The zero-order valence-corrected chi connectivity index (χ0v) is 10.1. The van der Waals surface area contributed by atoms with Gasteiger partial charge in [0.1, 0.15) is 0 Å². The largest absolute Gasteiger partial charge is 0.394 e. The van der Waals surface area contributed by atoms with E-state index in [1.807, 2.05) is 4.57 Å². The van der Waals surface area contributed by atoms with Crippen LogP contribution in [0, 0.1) is 0 Å². The zero-order valence-electron chi connectivity index (χ0n) is 10.1. The summed E-state index contributed by atoms with van der Waals surface area (Å²) in [6, 6.07) is -0.357. The van der Waals surface area contributed by atoms with Gasteiger partial charge in [0.05, 0.1) is 37.4 Å². The molecule has 1 fully saturated rings. The summed E-state index contributed by atoms with van der Waals surface area (Å²) in [5, 5.41) is 9.03. The third-order valence-electron chi connectivity index (χ3n) is 3.31. The Morgan fingerprint density at radius 1 is 1.53 bits per heavy atom. The maximum Gasteiger partial charge on any atom is 0.0949 e. The van der Waals surface area contributed by atoms with E-state index in [0.717, 1.165) is 12.2 Å². The molecule has 1 aromatic heterocycles. The van der Waals surface area contributed by atoms with Gasteiger partial charge in [-0.25, -0.2) is 4.98 Å². The second-order valence-corrected chi connectivity index (χ2v) is 4.58. The van der Waals surface area contributed by atoms with Crippen molar-refractivity contribution in [1.82, 2.24) is 9.55 Å². The van der Waals surface area contributed by atoms with E-state index in [-0.39, 0.29) is 12.6 Å². The minimum Gasteiger partial charge on any atom is -0.394 e. The van der Waals surface area contributed by atoms with E-state index in [1.54, 1.807) is 12.5 Å². The predicted octanol–water partition coefficient (Wildman–Crippen LogP) is 0.834. The highest BCUT2D eigenvalue weighted by molar-refractivity contribution is 5.04. The minimum absolute atomic E-state index is 0.0603. The van der Waals surface area contributed by atoms with Crippen LogP contribution in [0.2, 0.25) is 0 Å². The van der Waals surface area contributed by atoms with Gasteiger partial charge < -0.3 is 20.1 Å². The highest BCUT2D eigenvalue weighted by Gasteiger charge is 2.15. The number of hydrogen-bond donors (Lipinski definition) is 2. The van der Waals surface area contributed by atoms with Gasteiger partial charge in [-0.05, 0) is 12.8 Å². The molecule has 1 saturated carbocycles. The number of aliphatic hydroxyl groups excluding tert-OH is 1. The number of aliphatic hydroxyl groups is 1. The lowest BCUT2D eigenvalue weighted by molar-refractivity contribution is 0.0524. The van der Waals surface area contributed by atoms with Gasteiger partial charge >= 0.3 is 0 Å². The quantitative estimate of drug-likeness (QED) is 0.771. The highest BCUT2D eigenvalue weighted by Crippen LogP contribution is 2.20. The third-order valence-corrected chi connectivity index (χ3v) is 3.31. The standard InChI is InChI=1S/C12H21N3O2/c13-11(8-16)12-7-14-9-15(12)5-6-17-10-3-1-2-4-10/h7,9-11,16H,1-6,8,13H2. The van der Waals surface area contributed by atoms with Gasteiger partial charge in [-0.3, -0.25) is 0 Å². The van der Waals surface area contributed by atoms with Crippen LogP contribution in [-0.2, 0) is 11.3 Å². The molecule has 96 valence electrons. The molecular formula is C12H21N3O2. The molecule has 0 aliphatic heterocycles. The van der Waals surface area contributed by atoms with Crippen LogP contribution in [-0.4, -0.2) is 34.0 Å². The second-order valence-electron chi connectivity index (χ2n) is 4.58. The Morgan fingerprint density at radius 3 is 3.00 bits per heavy atom. The molecule has 2 rings (SSSR count). The number of rotatable bonds is 6. The monoisotopic (exact) mass is 239 g/mol. The number of nitrogens with zero attached hydrogens (tertiary/aromatic N) is 2. The average molecular weight is 239 g/mol. The van der Waals surface area contributed by atoms with Crippen molar-refractivity contribution in [1.29, 1.82) is 0 Å². The molecule has 1 heterocycles. The van der Waals surface area contributed by atoms with Crippen molar-refractivity contribution >= 4 is 0 Å². The summed E-state index contributed by atoms with van der Waals surface area (Å²) in [6.45, 7) is 1.38. The van der Waals surface area contributed by atoms with Gasteiger partial charge in [0, 0.05) is 12.7 Å². The summed E-state index contributed by atoms with van der Waals surface area (Å²) in [6.07, 6.45) is 8.83. The first kappa shape index (κ1) is 12.5. The zero-order chi connectivity index (χ0) is 12.1. The molecular weight excluding hydrogens is 218 g/mol. The summed E-state index contributed by atoms with van der Waals surface area (Å²) in [4.78, 5) is 4.06. The molecule has 1 aliphatic carbocycles. The molecule has 17 heavy (non-hydrogen) atoms. The van der Waals surface area contributed by atoms with Crippen molar-refractivity contribution in [3.63, 3.8) is 0 Å². The molecule has 1 aromatic rings. The summed E-state index contributed by atoms with van der Waals surface area (Å²) in [5.41, 5.74) is 6.65. The Kier molecular flexibility index (Phi) is 4.53. The topological polar surface area (TPSA) is 73.3 Å². The summed E-state index contributed by atoms with van der Waals surface area (Å²) < 4.78 is 7.75. The fourth-order valence-electron chi connectivity index (χ4n) is 2.29. The number of nitrogens with two attached hydrogens (primary N) is 1. The third kappa shape index (κ3) is 3.28. The lowest BCUT2D eigenvalue weighted by atomic mass is 10.2. The molecule has 5 nitrogen and oxygen atoms in total. The predicted molar refractivity (Wildman–Crippen MR) is 64.4 cm³/mol. The van der Waals surface area contributed by atoms with E-state index >= 15 is 0 Å². The molecule has 0 amide bonds. The maximum absolute atomic E-state index is 9.03. The average Bonchev–Trinajstić information content (AvgIpc) is 2.99. The van der Waals surface area contributed by atoms with Gasteiger partial charge in [-0.1, -0.05) is 12.8 Å². The van der Waals surface area contributed by atoms with Crippen molar-refractivity contribution in [3.8, 4) is 0 Å². The molecule has 0 radical (unpaired) electrons. The van der Waals surface area contributed by atoms with Crippen LogP contribution < -0.4 is 5.73 Å².